The molecule has 3 aliphatic rings. The molecule has 1 aromatic carbocycles. The minimum atomic E-state index is 0.202. The maximum absolute atomic E-state index is 11.6. The lowest BCUT2D eigenvalue weighted by atomic mass is 9.70. The minimum absolute atomic E-state index is 0.202. The van der Waals surface area contributed by atoms with Crippen LogP contribution in [0.4, 0.5) is 11.5 Å². The number of benzene rings is 1. The molecule has 3 fully saturated rings. The van der Waals surface area contributed by atoms with Gasteiger partial charge in [-0.15, -0.1) is 0 Å². The van der Waals surface area contributed by atoms with Gasteiger partial charge in [0.15, 0.2) is 0 Å². The largest absolute Gasteiger partial charge is 0.384 e. The molecule has 0 radical (unpaired) electrons. The number of nitrogen functional groups attached to an aromatic ring is 1. The first-order chi connectivity index (χ1) is 10.6. The Morgan fingerprint density at radius 2 is 2.23 bits per heavy atom. The first-order valence-corrected chi connectivity index (χ1v) is 7.72. The van der Waals surface area contributed by atoms with Crippen molar-refractivity contribution in [1.29, 1.82) is 0 Å². The number of aromatic nitrogens is 1. The number of hydrogen-bond acceptors (Lipinski definition) is 4. The second-order valence-corrected chi connectivity index (χ2v) is 6.66. The number of nitrogens with two attached hydrogens (primary N) is 1. The Labute approximate surface area is 129 Å². The lowest BCUT2D eigenvalue weighted by molar-refractivity contribution is -0.128. The van der Waals surface area contributed by atoms with Crippen molar-refractivity contribution in [2.75, 3.05) is 24.1 Å². The van der Waals surface area contributed by atoms with Crippen LogP contribution in [0, 0.1) is 5.41 Å². The van der Waals surface area contributed by atoms with Crippen molar-refractivity contribution in [2.45, 2.75) is 25.8 Å². The second kappa shape index (κ2) is 4.60. The average Bonchev–Trinajstić information content (AvgIpc) is 3.01. The Balaban J connectivity index is 1.54. The van der Waals surface area contributed by atoms with E-state index in [1.807, 2.05) is 23.1 Å². The molecule has 0 atom stereocenters. The molecule has 1 aromatic heterocycles. The highest BCUT2D eigenvalue weighted by molar-refractivity contribution is 5.99. The van der Waals surface area contributed by atoms with Crippen molar-refractivity contribution in [1.82, 2.24) is 9.88 Å². The summed E-state index contributed by atoms with van der Waals surface area (Å²) in [6.07, 6.45) is 3.98. The highest BCUT2D eigenvalue weighted by Crippen LogP contribution is 2.51. The summed E-state index contributed by atoms with van der Waals surface area (Å²) < 4.78 is 0. The maximum Gasteiger partial charge on any atom is 0.219 e. The first-order valence-electron chi connectivity index (χ1n) is 7.72. The molecule has 22 heavy (non-hydrogen) atoms. The summed E-state index contributed by atoms with van der Waals surface area (Å²) in [5.41, 5.74) is 7.28. The van der Waals surface area contributed by atoms with Gasteiger partial charge in [-0.3, -0.25) is 4.79 Å². The number of rotatable bonds is 3. The fraction of sp³-hybridized carbons (Fsp3) is 0.412. The molecule has 3 heterocycles. The number of hydrogen-bond donors (Lipinski definition) is 2. The molecule has 0 unspecified atom stereocenters. The normalized spacial score (nSPS) is 26.0. The highest BCUT2D eigenvalue weighted by atomic mass is 16.2. The molecule has 5 heteroatoms. The van der Waals surface area contributed by atoms with E-state index in [1.165, 1.54) is 0 Å². The summed E-state index contributed by atoms with van der Waals surface area (Å²) in [4.78, 5) is 17.8. The summed E-state index contributed by atoms with van der Waals surface area (Å²) in [5, 5.41) is 5.65. The fourth-order valence-corrected chi connectivity index (χ4v) is 4.02. The summed E-state index contributed by atoms with van der Waals surface area (Å²) in [5.74, 6) is 0.764. The predicted octanol–water partition coefficient (Wildman–Crippen LogP) is 2.24. The van der Waals surface area contributed by atoms with E-state index in [1.54, 1.807) is 13.1 Å². The molecule has 2 aromatic rings. The summed E-state index contributed by atoms with van der Waals surface area (Å²) >= 11 is 0. The zero-order chi connectivity index (χ0) is 15.3. The third kappa shape index (κ3) is 1.92. The van der Waals surface area contributed by atoms with Crippen molar-refractivity contribution in [3.8, 4) is 0 Å². The number of carbonyl (C=O) groups excluding carboxylic acids is 1. The van der Waals surface area contributed by atoms with Gasteiger partial charge in [0, 0.05) is 54.1 Å². The van der Waals surface area contributed by atoms with Crippen LogP contribution in [0.1, 0.15) is 19.8 Å². The Hall–Kier alpha value is -2.30. The van der Waals surface area contributed by atoms with Crippen LogP contribution < -0.4 is 11.1 Å². The van der Waals surface area contributed by atoms with Gasteiger partial charge in [-0.1, -0.05) is 12.1 Å². The number of nitrogens with zero attached hydrogens (tertiary/aromatic N) is 2. The summed E-state index contributed by atoms with van der Waals surface area (Å²) in [7, 11) is 0. The van der Waals surface area contributed by atoms with E-state index in [-0.39, 0.29) is 11.3 Å². The Kier molecular flexibility index (Phi) is 2.79. The predicted molar refractivity (Wildman–Crippen MR) is 87.5 cm³/mol. The van der Waals surface area contributed by atoms with Crippen LogP contribution in [0.15, 0.2) is 30.5 Å². The van der Waals surface area contributed by atoms with E-state index >= 15 is 0 Å². The lowest BCUT2D eigenvalue weighted by Crippen LogP contribution is -2.40. The molecule has 0 spiro atoms. The number of carbonyl (C=O) groups is 1. The maximum atomic E-state index is 11.6. The van der Waals surface area contributed by atoms with Crippen molar-refractivity contribution >= 4 is 28.2 Å². The molecule has 1 amide bonds. The van der Waals surface area contributed by atoms with Gasteiger partial charge in [-0.2, -0.15) is 0 Å². The highest BCUT2D eigenvalue weighted by Gasteiger charge is 2.55. The molecule has 1 aliphatic carbocycles. The van der Waals surface area contributed by atoms with E-state index in [4.69, 9.17) is 5.73 Å². The molecular formula is C17H20N4O. The van der Waals surface area contributed by atoms with Crippen LogP contribution in [0.5, 0.6) is 0 Å². The van der Waals surface area contributed by atoms with E-state index < -0.39 is 0 Å². The molecule has 2 saturated heterocycles. The molecule has 2 bridgehead atoms. The molecule has 5 rings (SSSR count). The number of fused-ring (bicyclic) bond motifs is 2. The van der Waals surface area contributed by atoms with Gasteiger partial charge < -0.3 is 16.0 Å². The molecule has 3 N–H and O–H groups in total. The van der Waals surface area contributed by atoms with Crippen LogP contribution in [0.3, 0.4) is 0 Å². The van der Waals surface area contributed by atoms with Gasteiger partial charge >= 0.3 is 0 Å². The Morgan fingerprint density at radius 1 is 1.41 bits per heavy atom. The monoisotopic (exact) mass is 296 g/mol. The van der Waals surface area contributed by atoms with Gasteiger partial charge in [-0.05, 0) is 25.0 Å². The quantitative estimate of drug-likeness (QED) is 0.911. The van der Waals surface area contributed by atoms with Crippen LogP contribution in [-0.2, 0) is 4.79 Å². The number of nitrogens with one attached hydrogen (secondary N) is 1. The van der Waals surface area contributed by atoms with Gasteiger partial charge in [-0.25, -0.2) is 4.98 Å². The first kappa shape index (κ1) is 13.4. The van der Waals surface area contributed by atoms with E-state index in [0.29, 0.717) is 11.9 Å². The van der Waals surface area contributed by atoms with Crippen LogP contribution in [0.2, 0.25) is 0 Å². The van der Waals surface area contributed by atoms with E-state index in [0.717, 1.165) is 42.4 Å². The van der Waals surface area contributed by atoms with Crippen molar-refractivity contribution < 1.29 is 4.79 Å². The van der Waals surface area contributed by atoms with Crippen LogP contribution in [-0.4, -0.2) is 34.9 Å². The third-order valence-electron chi connectivity index (χ3n) is 5.18. The zero-order valence-corrected chi connectivity index (χ0v) is 12.7. The minimum Gasteiger partial charge on any atom is -0.384 e. The number of amides is 1. The third-order valence-corrected chi connectivity index (χ3v) is 5.18. The zero-order valence-electron chi connectivity index (χ0n) is 12.7. The van der Waals surface area contributed by atoms with Crippen molar-refractivity contribution in [3.63, 3.8) is 0 Å². The molecule has 114 valence electrons. The molecule has 2 aliphatic heterocycles. The topological polar surface area (TPSA) is 71.2 Å². The van der Waals surface area contributed by atoms with Gasteiger partial charge in [0.05, 0.1) is 0 Å². The molecule has 5 nitrogen and oxygen atoms in total. The van der Waals surface area contributed by atoms with Gasteiger partial charge in [0.25, 0.3) is 0 Å². The van der Waals surface area contributed by atoms with E-state index in [2.05, 4.69) is 16.4 Å². The second-order valence-electron chi connectivity index (χ2n) is 6.66. The van der Waals surface area contributed by atoms with Gasteiger partial charge in [0.1, 0.15) is 5.82 Å². The Bertz CT molecular complexity index is 751. The average molecular weight is 296 g/mol. The molecular weight excluding hydrogens is 276 g/mol. The Morgan fingerprint density at radius 3 is 2.95 bits per heavy atom. The lowest BCUT2D eigenvalue weighted by Gasteiger charge is -2.37. The number of anilines is 2. The number of pyridine rings is 1. The smallest absolute Gasteiger partial charge is 0.219 e. The van der Waals surface area contributed by atoms with Crippen LogP contribution in [0.25, 0.3) is 10.8 Å². The van der Waals surface area contributed by atoms with Crippen molar-refractivity contribution in [3.05, 3.63) is 30.5 Å². The van der Waals surface area contributed by atoms with E-state index in [9.17, 15) is 4.79 Å². The standard InChI is InChI=1S/C17H20N4O/c1-11(22)21-10-17(7-12(21)8-17)9-20-15-4-2-3-14-13(15)5-6-19-16(14)18/h2-6,12,20H,7-10H2,1H3,(H2,18,19). The SMILES string of the molecule is CC(=O)N1CC2(CNc3cccc4c(N)nccc34)CC1C2. The molecule has 1 saturated carbocycles. The van der Waals surface area contributed by atoms with Gasteiger partial charge in [0.2, 0.25) is 5.91 Å². The van der Waals surface area contributed by atoms with Crippen LogP contribution >= 0.6 is 0 Å². The summed E-state index contributed by atoms with van der Waals surface area (Å²) in [6, 6.07) is 8.53. The van der Waals surface area contributed by atoms with Crippen molar-refractivity contribution in [2.24, 2.45) is 5.41 Å². The summed E-state index contributed by atoms with van der Waals surface area (Å²) in [6.45, 7) is 3.45. The fourth-order valence-electron chi connectivity index (χ4n) is 4.02.